The van der Waals surface area contributed by atoms with E-state index in [1.807, 2.05) is 13.0 Å². The van der Waals surface area contributed by atoms with Gasteiger partial charge in [-0.05, 0) is 25.0 Å². The Morgan fingerprint density at radius 1 is 1.33 bits per heavy atom. The smallest absolute Gasteiger partial charge is 0.0431 e. The van der Waals surface area contributed by atoms with Crippen LogP contribution in [0.5, 0.6) is 0 Å². The van der Waals surface area contributed by atoms with Crippen LogP contribution in [0.1, 0.15) is 20.8 Å². The molecule has 0 unspecified atom stereocenters. The molecule has 66 valence electrons. The highest BCUT2D eigenvalue weighted by Gasteiger charge is 1.99. The highest BCUT2D eigenvalue weighted by molar-refractivity contribution is 5.92. The van der Waals surface area contributed by atoms with Crippen molar-refractivity contribution in [2.45, 2.75) is 20.8 Å². The van der Waals surface area contributed by atoms with E-state index < -0.39 is 0 Å². The first-order chi connectivity index (χ1) is 5.61. The van der Waals surface area contributed by atoms with Gasteiger partial charge in [0.1, 0.15) is 0 Å². The molecule has 0 rings (SSSR count). The van der Waals surface area contributed by atoms with Gasteiger partial charge in [0.05, 0.1) is 0 Å². The van der Waals surface area contributed by atoms with Gasteiger partial charge in [-0.1, -0.05) is 33.1 Å². The Morgan fingerprint density at radius 3 is 2.25 bits per heavy atom. The highest BCUT2D eigenvalue weighted by Crippen LogP contribution is 2.11. The van der Waals surface area contributed by atoms with Gasteiger partial charge in [-0.25, -0.2) is 0 Å². The Hall–Kier alpha value is -1.11. The Morgan fingerprint density at radius 2 is 1.92 bits per heavy atom. The maximum atomic E-state index is 4.37. The monoisotopic (exact) mass is 163 g/mol. The fourth-order valence-corrected chi connectivity index (χ4v) is 0.729. The Labute approximate surface area is 75.2 Å². The third-order valence-electron chi connectivity index (χ3n) is 1.48. The van der Waals surface area contributed by atoms with Crippen LogP contribution in [-0.4, -0.2) is 5.71 Å². The second-order valence-corrected chi connectivity index (χ2v) is 2.94. The minimum Gasteiger partial charge on any atom is -0.258 e. The molecule has 0 spiro atoms. The summed E-state index contributed by atoms with van der Waals surface area (Å²) in [4.78, 5) is 4.37. The number of hydrogen-bond donors (Lipinski definition) is 0. The maximum Gasteiger partial charge on any atom is 0.0431 e. The predicted octanol–water partition coefficient (Wildman–Crippen LogP) is 3.36. The summed E-state index contributed by atoms with van der Waals surface area (Å²) in [6.45, 7) is 13.4. The van der Waals surface area contributed by atoms with Gasteiger partial charge < -0.3 is 0 Å². The van der Waals surface area contributed by atoms with Crippen molar-refractivity contribution in [3.63, 3.8) is 0 Å². The minimum absolute atomic E-state index is 0.429. The van der Waals surface area contributed by atoms with Gasteiger partial charge in [-0.15, -0.1) is 0 Å². The zero-order valence-electron chi connectivity index (χ0n) is 8.17. The molecule has 12 heavy (non-hydrogen) atoms. The van der Waals surface area contributed by atoms with Gasteiger partial charge >= 0.3 is 0 Å². The molecule has 0 aliphatic heterocycles. The second kappa shape index (κ2) is 5.53. The van der Waals surface area contributed by atoms with E-state index in [-0.39, 0.29) is 0 Å². The van der Waals surface area contributed by atoms with E-state index in [9.17, 15) is 0 Å². The van der Waals surface area contributed by atoms with Crippen LogP contribution in [0.3, 0.4) is 0 Å². The summed E-state index contributed by atoms with van der Waals surface area (Å²) in [5.41, 5.74) is 1.99. The van der Waals surface area contributed by atoms with Crippen LogP contribution < -0.4 is 0 Å². The summed E-state index contributed by atoms with van der Waals surface area (Å²) in [6, 6.07) is 0. The number of nitrogens with zero attached hydrogens (tertiary/aromatic N) is 1. The number of allylic oxidation sites excluding steroid dienone is 4. The van der Waals surface area contributed by atoms with E-state index >= 15 is 0 Å². The molecule has 1 nitrogen and oxygen atoms in total. The minimum atomic E-state index is 0.429. The lowest BCUT2D eigenvalue weighted by Gasteiger charge is -2.04. The van der Waals surface area contributed by atoms with E-state index in [1.54, 1.807) is 12.2 Å². The lowest BCUT2D eigenvalue weighted by molar-refractivity contribution is 0.758. The number of aliphatic imine (C=N–C) groups is 1. The van der Waals surface area contributed by atoms with Crippen molar-refractivity contribution in [1.82, 2.24) is 0 Å². The van der Waals surface area contributed by atoms with Crippen LogP contribution in [0.4, 0.5) is 0 Å². The van der Waals surface area contributed by atoms with Gasteiger partial charge in [0.25, 0.3) is 0 Å². The van der Waals surface area contributed by atoms with Crippen molar-refractivity contribution in [2.75, 3.05) is 0 Å². The Bertz CT molecular complexity index is 219. The van der Waals surface area contributed by atoms with E-state index in [1.165, 1.54) is 0 Å². The molecule has 0 aromatic rings. The SMILES string of the molecule is C=C/C=C(\N=C(\C)C=C)C(C)C. The van der Waals surface area contributed by atoms with E-state index in [0.29, 0.717) is 5.92 Å². The third kappa shape index (κ3) is 3.91. The van der Waals surface area contributed by atoms with E-state index in [0.717, 1.165) is 11.4 Å². The fraction of sp³-hybridized carbons (Fsp3) is 0.364. The summed E-state index contributed by atoms with van der Waals surface area (Å²) >= 11 is 0. The predicted molar refractivity (Wildman–Crippen MR) is 56.4 cm³/mol. The zero-order valence-corrected chi connectivity index (χ0v) is 8.17. The quantitative estimate of drug-likeness (QED) is 0.445. The summed E-state index contributed by atoms with van der Waals surface area (Å²) in [5.74, 6) is 0.429. The lowest BCUT2D eigenvalue weighted by Crippen LogP contribution is -1.94. The molecule has 0 aromatic heterocycles. The van der Waals surface area contributed by atoms with Crippen molar-refractivity contribution in [1.29, 1.82) is 0 Å². The molecule has 0 bridgehead atoms. The maximum absolute atomic E-state index is 4.37. The largest absolute Gasteiger partial charge is 0.258 e. The summed E-state index contributed by atoms with van der Waals surface area (Å²) in [7, 11) is 0. The molecule has 0 aromatic carbocycles. The van der Waals surface area contributed by atoms with E-state index in [4.69, 9.17) is 0 Å². The van der Waals surface area contributed by atoms with Gasteiger partial charge in [0, 0.05) is 11.4 Å². The second-order valence-electron chi connectivity index (χ2n) is 2.94. The van der Waals surface area contributed by atoms with Gasteiger partial charge in [0.2, 0.25) is 0 Å². The molecule has 0 aliphatic carbocycles. The molecular formula is C11H17N. The topological polar surface area (TPSA) is 12.4 Å². The normalized spacial score (nSPS) is 13.3. The van der Waals surface area contributed by atoms with Crippen molar-refractivity contribution in [2.24, 2.45) is 10.9 Å². The summed E-state index contributed by atoms with van der Waals surface area (Å²) in [6.07, 6.45) is 5.44. The van der Waals surface area contributed by atoms with Crippen LogP contribution in [0.25, 0.3) is 0 Å². The van der Waals surface area contributed by atoms with Crippen molar-refractivity contribution in [3.05, 3.63) is 37.1 Å². The average molecular weight is 163 g/mol. The van der Waals surface area contributed by atoms with Gasteiger partial charge in [-0.2, -0.15) is 0 Å². The molecule has 0 atom stereocenters. The first-order valence-electron chi connectivity index (χ1n) is 4.12. The first-order valence-corrected chi connectivity index (χ1v) is 4.12. The molecule has 0 radical (unpaired) electrons. The van der Waals surface area contributed by atoms with Crippen molar-refractivity contribution in [3.8, 4) is 0 Å². The average Bonchev–Trinajstić information content (AvgIpc) is 2.03. The first kappa shape index (κ1) is 10.9. The molecule has 0 heterocycles. The molecule has 0 saturated carbocycles. The molecule has 0 aliphatic rings. The fourth-order valence-electron chi connectivity index (χ4n) is 0.729. The molecular weight excluding hydrogens is 146 g/mol. The highest BCUT2D eigenvalue weighted by atomic mass is 14.8. The van der Waals surface area contributed by atoms with Gasteiger partial charge in [0.15, 0.2) is 0 Å². The molecule has 0 N–H and O–H groups in total. The molecule has 1 heteroatoms. The van der Waals surface area contributed by atoms with E-state index in [2.05, 4.69) is 32.0 Å². The third-order valence-corrected chi connectivity index (χ3v) is 1.48. The molecule has 0 fully saturated rings. The Kier molecular flexibility index (Phi) is 5.02. The Balaban J connectivity index is 4.65. The van der Waals surface area contributed by atoms with Crippen LogP contribution in [0.15, 0.2) is 42.1 Å². The summed E-state index contributed by atoms with van der Waals surface area (Å²) in [5, 5.41) is 0. The van der Waals surface area contributed by atoms with Crippen molar-refractivity contribution < 1.29 is 0 Å². The molecule has 0 saturated heterocycles. The van der Waals surface area contributed by atoms with Crippen LogP contribution in [-0.2, 0) is 0 Å². The van der Waals surface area contributed by atoms with Crippen LogP contribution in [0.2, 0.25) is 0 Å². The van der Waals surface area contributed by atoms with Crippen LogP contribution in [0, 0.1) is 5.92 Å². The van der Waals surface area contributed by atoms with Crippen LogP contribution >= 0.6 is 0 Å². The standard InChI is InChI=1S/C11H17N/c1-6-8-11(9(3)4)12-10(5)7-2/h6-9H,1-2H2,3-5H3/b11-8-,12-10-. The van der Waals surface area contributed by atoms with Crippen molar-refractivity contribution >= 4 is 5.71 Å². The molecule has 0 amide bonds. The number of rotatable bonds is 4. The lowest BCUT2D eigenvalue weighted by atomic mass is 10.1. The number of hydrogen-bond acceptors (Lipinski definition) is 1. The summed E-state index contributed by atoms with van der Waals surface area (Å²) < 4.78 is 0. The van der Waals surface area contributed by atoms with Gasteiger partial charge in [-0.3, -0.25) is 4.99 Å². The zero-order chi connectivity index (χ0) is 9.56.